The summed E-state index contributed by atoms with van der Waals surface area (Å²) in [6, 6.07) is 5.29. The van der Waals surface area contributed by atoms with E-state index in [1.807, 2.05) is 0 Å². The van der Waals surface area contributed by atoms with Crippen LogP contribution in [0.5, 0.6) is 0 Å². The van der Waals surface area contributed by atoms with Gasteiger partial charge in [-0.3, -0.25) is 0 Å². The predicted octanol–water partition coefficient (Wildman–Crippen LogP) is 4.15. The summed E-state index contributed by atoms with van der Waals surface area (Å²) in [5, 5.41) is 11.8. The zero-order valence-electron chi connectivity index (χ0n) is 8.47. The van der Waals surface area contributed by atoms with Gasteiger partial charge in [0.05, 0.1) is 5.60 Å². The molecule has 1 aliphatic rings. The molecule has 1 aromatic carbocycles. The lowest BCUT2D eigenvalue weighted by atomic mass is 9.80. The molecule has 1 fully saturated rings. The molecule has 0 aromatic heterocycles. The highest BCUT2D eigenvalue weighted by atomic mass is 35.5. The lowest BCUT2D eigenvalue weighted by molar-refractivity contribution is -0.000518. The van der Waals surface area contributed by atoms with Gasteiger partial charge in [-0.2, -0.15) is 0 Å². The van der Waals surface area contributed by atoms with Gasteiger partial charge in [0.1, 0.15) is 0 Å². The Bertz CT molecular complexity index is 357. The number of hydrogen-bond acceptors (Lipinski definition) is 1. The van der Waals surface area contributed by atoms with Crippen molar-refractivity contribution in [1.82, 2.24) is 0 Å². The molecule has 0 amide bonds. The van der Waals surface area contributed by atoms with E-state index in [0.717, 1.165) is 31.2 Å². The molecule has 0 unspecified atom stereocenters. The smallest absolute Gasteiger partial charge is 0.0911 e. The summed E-state index contributed by atoms with van der Waals surface area (Å²) in [6.45, 7) is 0. The maximum Gasteiger partial charge on any atom is 0.0911 e. The van der Waals surface area contributed by atoms with Gasteiger partial charge < -0.3 is 5.11 Å². The highest BCUT2D eigenvalue weighted by Crippen LogP contribution is 2.40. The molecule has 1 N–H and O–H groups in total. The first kappa shape index (κ1) is 11.3. The van der Waals surface area contributed by atoms with E-state index in [4.69, 9.17) is 23.2 Å². The topological polar surface area (TPSA) is 20.2 Å². The lowest BCUT2D eigenvalue weighted by Crippen LogP contribution is -2.28. The van der Waals surface area contributed by atoms with Gasteiger partial charge in [-0.1, -0.05) is 42.5 Å². The number of rotatable bonds is 1. The first-order chi connectivity index (χ1) is 7.12. The van der Waals surface area contributed by atoms with E-state index in [1.165, 1.54) is 6.42 Å². The van der Waals surface area contributed by atoms with Crippen molar-refractivity contribution >= 4 is 23.2 Å². The van der Waals surface area contributed by atoms with Gasteiger partial charge in [-0.05, 0) is 31.0 Å². The van der Waals surface area contributed by atoms with Crippen LogP contribution >= 0.6 is 23.2 Å². The molecular weight excluding hydrogens is 231 g/mol. The molecule has 1 aromatic rings. The van der Waals surface area contributed by atoms with Crippen LogP contribution in [0.1, 0.15) is 37.7 Å². The summed E-state index contributed by atoms with van der Waals surface area (Å²) in [5.41, 5.74) is 0.0246. The minimum absolute atomic E-state index is 0.615. The average Bonchev–Trinajstić information content (AvgIpc) is 2.23. The summed E-state index contributed by atoms with van der Waals surface area (Å²) >= 11 is 12.0. The van der Waals surface area contributed by atoms with E-state index in [-0.39, 0.29) is 0 Å². The molecule has 2 rings (SSSR count). The SMILES string of the molecule is OC1(c2cc(Cl)ccc2Cl)CCCCC1. The average molecular weight is 245 g/mol. The van der Waals surface area contributed by atoms with Crippen molar-refractivity contribution in [3.8, 4) is 0 Å². The fourth-order valence-corrected chi connectivity index (χ4v) is 2.73. The number of aliphatic hydroxyl groups is 1. The summed E-state index contributed by atoms with van der Waals surface area (Å²) in [7, 11) is 0. The highest BCUT2D eigenvalue weighted by Gasteiger charge is 2.32. The molecule has 0 atom stereocenters. The van der Waals surface area contributed by atoms with Crippen LogP contribution in [0.3, 0.4) is 0 Å². The molecule has 1 aliphatic carbocycles. The minimum atomic E-state index is -0.764. The Morgan fingerprint density at radius 3 is 2.40 bits per heavy atom. The zero-order valence-corrected chi connectivity index (χ0v) is 9.98. The fraction of sp³-hybridized carbons (Fsp3) is 0.500. The standard InChI is InChI=1S/C12H14Cl2O/c13-9-4-5-11(14)10(8-9)12(15)6-2-1-3-7-12/h4-5,8,15H,1-3,6-7H2. The van der Waals surface area contributed by atoms with E-state index in [2.05, 4.69) is 0 Å². The summed E-state index contributed by atoms with van der Waals surface area (Å²) in [4.78, 5) is 0. The number of hydrogen-bond donors (Lipinski definition) is 1. The Kier molecular flexibility index (Phi) is 3.24. The molecule has 0 spiro atoms. The van der Waals surface area contributed by atoms with Crippen LogP contribution < -0.4 is 0 Å². The second-order valence-electron chi connectivity index (χ2n) is 4.22. The van der Waals surface area contributed by atoms with E-state index in [0.29, 0.717) is 10.0 Å². The maximum absolute atomic E-state index is 10.5. The fourth-order valence-electron chi connectivity index (χ4n) is 2.26. The first-order valence-corrected chi connectivity index (χ1v) is 6.05. The van der Waals surface area contributed by atoms with Crippen LogP contribution in [-0.4, -0.2) is 5.11 Å². The van der Waals surface area contributed by atoms with Crippen LogP contribution in [0.15, 0.2) is 18.2 Å². The zero-order chi connectivity index (χ0) is 10.9. The Morgan fingerprint density at radius 2 is 1.73 bits per heavy atom. The van der Waals surface area contributed by atoms with Crippen molar-refractivity contribution in [1.29, 1.82) is 0 Å². The van der Waals surface area contributed by atoms with Gasteiger partial charge in [0.15, 0.2) is 0 Å². The quantitative estimate of drug-likeness (QED) is 0.788. The van der Waals surface area contributed by atoms with Crippen molar-refractivity contribution in [3.05, 3.63) is 33.8 Å². The normalized spacial score (nSPS) is 20.2. The van der Waals surface area contributed by atoms with Gasteiger partial charge >= 0.3 is 0 Å². The van der Waals surface area contributed by atoms with Gasteiger partial charge in [0.25, 0.3) is 0 Å². The van der Waals surface area contributed by atoms with Gasteiger partial charge in [-0.15, -0.1) is 0 Å². The van der Waals surface area contributed by atoms with Crippen molar-refractivity contribution in [3.63, 3.8) is 0 Å². The Balaban J connectivity index is 2.38. The molecule has 15 heavy (non-hydrogen) atoms. The van der Waals surface area contributed by atoms with Crippen LogP contribution in [0.4, 0.5) is 0 Å². The third-order valence-corrected chi connectivity index (χ3v) is 3.68. The first-order valence-electron chi connectivity index (χ1n) is 5.30. The van der Waals surface area contributed by atoms with E-state index >= 15 is 0 Å². The summed E-state index contributed by atoms with van der Waals surface area (Å²) in [6.07, 6.45) is 4.87. The van der Waals surface area contributed by atoms with Crippen molar-refractivity contribution in [2.45, 2.75) is 37.7 Å². The van der Waals surface area contributed by atoms with E-state index in [1.54, 1.807) is 18.2 Å². The molecule has 82 valence electrons. The molecule has 0 radical (unpaired) electrons. The largest absolute Gasteiger partial charge is 0.385 e. The minimum Gasteiger partial charge on any atom is -0.385 e. The van der Waals surface area contributed by atoms with Crippen molar-refractivity contribution in [2.75, 3.05) is 0 Å². The molecular formula is C12H14Cl2O. The molecule has 3 heteroatoms. The Morgan fingerprint density at radius 1 is 1.07 bits per heavy atom. The predicted molar refractivity (Wildman–Crippen MR) is 63.4 cm³/mol. The van der Waals surface area contributed by atoms with Crippen LogP contribution in [0.2, 0.25) is 10.0 Å². The second kappa shape index (κ2) is 4.32. The van der Waals surface area contributed by atoms with E-state index in [9.17, 15) is 5.11 Å². The molecule has 1 nitrogen and oxygen atoms in total. The number of benzene rings is 1. The molecule has 1 saturated carbocycles. The summed E-state index contributed by atoms with van der Waals surface area (Å²) in [5.74, 6) is 0. The Hall–Kier alpha value is -0.240. The van der Waals surface area contributed by atoms with Gasteiger partial charge in [-0.25, -0.2) is 0 Å². The number of halogens is 2. The van der Waals surface area contributed by atoms with Crippen molar-refractivity contribution in [2.24, 2.45) is 0 Å². The monoisotopic (exact) mass is 244 g/mol. The molecule has 0 saturated heterocycles. The van der Waals surface area contributed by atoms with Gasteiger partial charge in [0.2, 0.25) is 0 Å². The lowest BCUT2D eigenvalue weighted by Gasteiger charge is -2.33. The van der Waals surface area contributed by atoms with E-state index < -0.39 is 5.60 Å². The molecule has 0 heterocycles. The van der Waals surface area contributed by atoms with Crippen molar-refractivity contribution < 1.29 is 5.11 Å². The third-order valence-electron chi connectivity index (χ3n) is 3.11. The van der Waals surface area contributed by atoms with Crippen LogP contribution in [0.25, 0.3) is 0 Å². The van der Waals surface area contributed by atoms with Gasteiger partial charge in [0, 0.05) is 15.6 Å². The molecule has 0 bridgehead atoms. The second-order valence-corrected chi connectivity index (χ2v) is 5.06. The maximum atomic E-state index is 10.5. The molecule has 0 aliphatic heterocycles. The summed E-state index contributed by atoms with van der Waals surface area (Å²) < 4.78 is 0. The van der Waals surface area contributed by atoms with Crippen LogP contribution in [0, 0.1) is 0 Å². The highest BCUT2D eigenvalue weighted by molar-refractivity contribution is 6.33. The third kappa shape index (κ3) is 2.30. The Labute approximate surface area is 100 Å². The van der Waals surface area contributed by atoms with Crippen LogP contribution in [-0.2, 0) is 5.60 Å².